The van der Waals surface area contributed by atoms with E-state index in [1.807, 2.05) is 6.92 Å². The molecular weight excluding hydrogens is 288 g/mol. The van der Waals surface area contributed by atoms with Gasteiger partial charge in [0.05, 0.1) is 18.5 Å². The molecule has 2 aromatic heterocycles. The van der Waals surface area contributed by atoms with Crippen molar-refractivity contribution in [3.63, 3.8) is 0 Å². The van der Waals surface area contributed by atoms with Gasteiger partial charge >= 0.3 is 0 Å². The van der Waals surface area contributed by atoms with E-state index in [-0.39, 0.29) is 17.9 Å². The predicted molar refractivity (Wildman–Crippen MR) is 77.1 cm³/mol. The second kappa shape index (κ2) is 6.70. The Labute approximate surface area is 126 Å². The molecule has 0 aliphatic rings. The number of nitrogens with one attached hydrogen (secondary N) is 2. The molecule has 8 heteroatoms. The highest BCUT2D eigenvalue weighted by atomic mass is 16.3. The van der Waals surface area contributed by atoms with Crippen molar-refractivity contribution < 1.29 is 18.8 Å². The molecular formula is C14H16N4O4. The highest BCUT2D eigenvalue weighted by molar-refractivity contribution is 6.40. The molecule has 0 radical (unpaired) electrons. The zero-order valence-electron chi connectivity index (χ0n) is 12.3. The lowest BCUT2D eigenvalue weighted by Gasteiger charge is -2.04. The summed E-state index contributed by atoms with van der Waals surface area (Å²) in [5, 5.41) is 9.11. The van der Waals surface area contributed by atoms with Crippen molar-refractivity contribution in [2.24, 2.45) is 0 Å². The summed E-state index contributed by atoms with van der Waals surface area (Å²) in [6.45, 7) is 3.71. The highest BCUT2D eigenvalue weighted by Crippen LogP contribution is 2.14. The van der Waals surface area contributed by atoms with Crippen molar-refractivity contribution in [2.75, 3.05) is 5.32 Å². The number of anilines is 1. The molecule has 0 aliphatic heterocycles. The molecule has 22 heavy (non-hydrogen) atoms. The normalized spacial score (nSPS) is 10.3. The van der Waals surface area contributed by atoms with Gasteiger partial charge in [-0.3, -0.25) is 19.1 Å². The monoisotopic (exact) mass is 304 g/mol. The summed E-state index contributed by atoms with van der Waals surface area (Å²) in [5.41, 5.74) is 0.238. The molecule has 2 amide bonds. The summed E-state index contributed by atoms with van der Waals surface area (Å²) >= 11 is 0. The van der Waals surface area contributed by atoms with Gasteiger partial charge in [-0.2, -0.15) is 5.10 Å². The minimum Gasteiger partial charge on any atom is -0.467 e. The number of hydrogen-bond donors (Lipinski definition) is 2. The minimum absolute atomic E-state index is 0.0445. The van der Waals surface area contributed by atoms with Crippen molar-refractivity contribution >= 4 is 23.3 Å². The number of amides is 2. The van der Waals surface area contributed by atoms with E-state index in [0.29, 0.717) is 12.3 Å². The van der Waals surface area contributed by atoms with Crippen LogP contribution in [0.4, 0.5) is 5.69 Å². The van der Waals surface area contributed by atoms with Gasteiger partial charge in [0.2, 0.25) is 5.78 Å². The second-order valence-electron chi connectivity index (χ2n) is 4.52. The predicted octanol–water partition coefficient (Wildman–Crippen LogP) is 0.953. The molecule has 0 saturated carbocycles. The van der Waals surface area contributed by atoms with Crippen LogP contribution in [-0.2, 0) is 22.7 Å². The van der Waals surface area contributed by atoms with Gasteiger partial charge in [0.25, 0.3) is 11.8 Å². The maximum Gasteiger partial charge on any atom is 0.291 e. The molecule has 0 aliphatic carbocycles. The molecule has 2 N–H and O–H groups in total. The van der Waals surface area contributed by atoms with Crippen LogP contribution < -0.4 is 10.6 Å². The van der Waals surface area contributed by atoms with Crippen LogP contribution in [0.15, 0.2) is 29.0 Å². The van der Waals surface area contributed by atoms with E-state index in [9.17, 15) is 14.4 Å². The van der Waals surface area contributed by atoms with Gasteiger partial charge in [-0.15, -0.1) is 0 Å². The number of aromatic nitrogens is 2. The zero-order chi connectivity index (χ0) is 16.1. The number of hydrogen-bond acceptors (Lipinski definition) is 5. The first-order valence-electron chi connectivity index (χ1n) is 6.71. The third-order valence-electron chi connectivity index (χ3n) is 2.87. The Hall–Kier alpha value is -2.90. The van der Waals surface area contributed by atoms with Crippen LogP contribution in [0, 0.1) is 0 Å². The fourth-order valence-electron chi connectivity index (χ4n) is 1.72. The molecule has 0 fully saturated rings. The van der Waals surface area contributed by atoms with Crippen LogP contribution in [0.3, 0.4) is 0 Å². The third-order valence-corrected chi connectivity index (χ3v) is 2.87. The Bertz CT molecular complexity index is 688. The van der Waals surface area contributed by atoms with E-state index in [1.165, 1.54) is 17.1 Å². The Kier molecular flexibility index (Phi) is 4.72. The van der Waals surface area contributed by atoms with Crippen molar-refractivity contribution in [3.8, 4) is 0 Å². The molecule has 8 nitrogen and oxygen atoms in total. The number of rotatable bonds is 6. The number of nitrogens with zero attached hydrogens (tertiary/aromatic N) is 2. The molecule has 2 rings (SSSR count). The van der Waals surface area contributed by atoms with Crippen molar-refractivity contribution in [3.05, 3.63) is 36.0 Å². The maximum atomic E-state index is 12.2. The number of carbonyl (C=O) groups is 3. The molecule has 116 valence electrons. The summed E-state index contributed by atoms with van der Waals surface area (Å²) < 4.78 is 6.62. The average Bonchev–Trinajstić information content (AvgIpc) is 3.13. The van der Waals surface area contributed by atoms with E-state index in [0.717, 1.165) is 6.92 Å². The highest BCUT2D eigenvalue weighted by Gasteiger charge is 2.19. The van der Waals surface area contributed by atoms with Gasteiger partial charge in [0.15, 0.2) is 5.69 Å². The standard InChI is InChI=1S/C14H16N4O4/c1-3-18-8-11(16-13(20)9(2)19)12(17-18)14(21)15-7-10-5-4-6-22-10/h4-6,8H,3,7H2,1-2H3,(H,15,21)(H,16,20). The first-order valence-corrected chi connectivity index (χ1v) is 6.71. The number of Topliss-reactive ketones (excluding diaryl/α,β-unsaturated/α-hetero) is 1. The van der Waals surface area contributed by atoms with Crippen LogP contribution in [-0.4, -0.2) is 27.4 Å². The lowest BCUT2D eigenvalue weighted by molar-refractivity contribution is -0.133. The summed E-state index contributed by atoms with van der Waals surface area (Å²) in [6, 6.07) is 3.44. The van der Waals surface area contributed by atoms with Crippen molar-refractivity contribution in [1.29, 1.82) is 0 Å². The van der Waals surface area contributed by atoms with Gasteiger partial charge in [-0.25, -0.2) is 0 Å². The van der Waals surface area contributed by atoms with Gasteiger partial charge in [0.1, 0.15) is 5.76 Å². The van der Waals surface area contributed by atoms with Gasteiger partial charge in [-0.05, 0) is 19.1 Å². The number of furan rings is 1. The Morgan fingerprint density at radius 1 is 1.36 bits per heavy atom. The smallest absolute Gasteiger partial charge is 0.291 e. The van der Waals surface area contributed by atoms with Crippen molar-refractivity contribution in [1.82, 2.24) is 15.1 Å². The van der Waals surface area contributed by atoms with Crippen molar-refractivity contribution in [2.45, 2.75) is 26.9 Å². The summed E-state index contributed by atoms with van der Waals surface area (Å²) in [7, 11) is 0. The SMILES string of the molecule is CCn1cc(NC(=O)C(C)=O)c(C(=O)NCc2ccco2)n1. The van der Waals surface area contributed by atoms with Crippen LogP contribution in [0.2, 0.25) is 0 Å². The van der Waals surface area contributed by atoms with E-state index < -0.39 is 17.6 Å². The fraction of sp³-hybridized carbons (Fsp3) is 0.286. The second-order valence-corrected chi connectivity index (χ2v) is 4.52. The topological polar surface area (TPSA) is 106 Å². The maximum absolute atomic E-state index is 12.2. The third kappa shape index (κ3) is 3.60. The lowest BCUT2D eigenvalue weighted by Crippen LogP contribution is -2.26. The first kappa shape index (κ1) is 15.5. The van der Waals surface area contributed by atoms with Gasteiger partial charge < -0.3 is 15.1 Å². The molecule has 0 unspecified atom stereocenters. The molecule has 0 bridgehead atoms. The average molecular weight is 304 g/mol. The van der Waals surface area contributed by atoms with Gasteiger partial charge in [0, 0.05) is 19.7 Å². The van der Waals surface area contributed by atoms with Gasteiger partial charge in [-0.1, -0.05) is 0 Å². The van der Waals surface area contributed by atoms with Crippen LogP contribution in [0.25, 0.3) is 0 Å². The molecule has 0 spiro atoms. The molecule has 2 heterocycles. The Morgan fingerprint density at radius 2 is 2.14 bits per heavy atom. The zero-order valence-corrected chi connectivity index (χ0v) is 12.3. The van der Waals surface area contributed by atoms with E-state index in [4.69, 9.17) is 4.42 Å². The van der Waals surface area contributed by atoms with Crippen LogP contribution in [0.5, 0.6) is 0 Å². The first-order chi connectivity index (χ1) is 10.5. The summed E-state index contributed by atoms with van der Waals surface area (Å²) in [5.74, 6) is -1.32. The Morgan fingerprint density at radius 3 is 2.73 bits per heavy atom. The molecule has 0 atom stereocenters. The molecule has 0 saturated heterocycles. The van der Waals surface area contributed by atoms with Crippen LogP contribution >= 0.6 is 0 Å². The summed E-state index contributed by atoms with van der Waals surface area (Å²) in [6.07, 6.45) is 3.01. The number of aryl methyl sites for hydroxylation is 1. The van der Waals surface area contributed by atoms with E-state index in [2.05, 4.69) is 15.7 Å². The number of carbonyl (C=O) groups excluding carboxylic acids is 3. The van der Waals surface area contributed by atoms with Crippen LogP contribution in [0.1, 0.15) is 30.1 Å². The minimum atomic E-state index is -0.796. The number of ketones is 1. The van der Waals surface area contributed by atoms with E-state index in [1.54, 1.807) is 12.1 Å². The quantitative estimate of drug-likeness (QED) is 0.773. The lowest BCUT2D eigenvalue weighted by atomic mass is 10.3. The van der Waals surface area contributed by atoms with E-state index >= 15 is 0 Å². The molecule has 2 aromatic rings. The Balaban J connectivity index is 2.13. The largest absolute Gasteiger partial charge is 0.467 e. The summed E-state index contributed by atoms with van der Waals surface area (Å²) in [4.78, 5) is 34.7. The molecule has 0 aromatic carbocycles. The fourth-order valence-corrected chi connectivity index (χ4v) is 1.72.